The summed E-state index contributed by atoms with van der Waals surface area (Å²) in [6, 6.07) is 0. The molecule has 0 amide bonds. The number of hydrogen-bond acceptors (Lipinski definition) is 3. The number of aliphatic carboxylic acids is 1. The van der Waals surface area contributed by atoms with E-state index in [9.17, 15) is 9.59 Å². The standard InChI is InChI=1S/C27H42O4/c1-7-25(4)13-8-10-20-19(25)11-12-21-26(5,14-9-15-27(20,21)6)18-31-23(30)17-24(2,3)16-22(28)29/h7,10,19,21H,1,8-9,11-18H2,2-6H3,(H,28,29)/t19-,21-,25+,26+,27+/m1/s1. The Morgan fingerprint density at radius 2 is 1.90 bits per heavy atom. The van der Waals surface area contributed by atoms with Crippen LogP contribution in [0.3, 0.4) is 0 Å². The first kappa shape index (κ1) is 24.1. The molecule has 2 fully saturated rings. The molecule has 2 saturated carbocycles. The molecule has 3 rings (SSSR count). The fourth-order valence-corrected chi connectivity index (χ4v) is 7.23. The second-order valence-electron chi connectivity index (χ2n) is 12.1. The molecule has 0 radical (unpaired) electrons. The smallest absolute Gasteiger partial charge is 0.306 e. The summed E-state index contributed by atoms with van der Waals surface area (Å²) in [6.07, 6.45) is 12.9. The molecule has 3 aliphatic carbocycles. The lowest BCUT2D eigenvalue weighted by atomic mass is 9.44. The number of allylic oxidation sites excluding steroid dienone is 3. The van der Waals surface area contributed by atoms with Crippen molar-refractivity contribution in [1.29, 1.82) is 0 Å². The van der Waals surface area contributed by atoms with E-state index in [0.29, 0.717) is 18.4 Å². The highest BCUT2D eigenvalue weighted by molar-refractivity contribution is 5.73. The van der Waals surface area contributed by atoms with Crippen LogP contribution in [0.25, 0.3) is 0 Å². The van der Waals surface area contributed by atoms with E-state index < -0.39 is 11.4 Å². The molecule has 0 aliphatic heterocycles. The zero-order valence-corrected chi connectivity index (χ0v) is 20.3. The number of esters is 1. The fraction of sp³-hybridized carbons (Fsp3) is 0.778. The van der Waals surface area contributed by atoms with Crippen molar-refractivity contribution in [3.05, 3.63) is 24.3 Å². The fourth-order valence-electron chi connectivity index (χ4n) is 7.23. The summed E-state index contributed by atoms with van der Waals surface area (Å²) in [5.74, 6) is -0.0636. The van der Waals surface area contributed by atoms with Crippen LogP contribution in [0.1, 0.15) is 92.4 Å². The van der Waals surface area contributed by atoms with Gasteiger partial charge < -0.3 is 9.84 Å². The summed E-state index contributed by atoms with van der Waals surface area (Å²) in [6.45, 7) is 15.4. The summed E-state index contributed by atoms with van der Waals surface area (Å²) in [5.41, 5.74) is 1.36. The zero-order valence-electron chi connectivity index (χ0n) is 20.3. The van der Waals surface area contributed by atoms with Crippen LogP contribution < -0.4 is 0 Å². The molecule has 0 aromatic carbocycles. The number of rotatable bonds is 7. The van der Waals surface area contributed by atoms with Gasteiger partial charge in [0.1, 0.15) is 0 Å². The van der Waals surface area contributed by atoms with Gasteiger partial charge in [0.05, 0.1) is 19.4 Å². The summed E-state index contributed by atoms with van der Waals surface area (Å²) < 4.78 is 5.83. The summed E-state index contributed by atoms with van der Waals surface area (Å²) in [7, 11) is 0. The van der Waals surface area contributed by atoms with Gasteiger partial charge in [-0.3, -0.25) is 9.59 Å². The van der Waals surface area contributed by atoms with Crippen LogP contribution in [-0.2, 0) is 14.3 Å². The van der Waals surface area contributed by atoms with Gasteiger partial charge in [0.25, 0.3) is 0 Å². The molecular formula is C27H42O4. The molecule has 0 heterocycles. The molecule has 1 N–H and O–H groups in total. The van der Waals surface area contributed by atoms with Gasteiger partial charge in [-0.05, 0) is 66.6 Å². The van der Waals surface area contributed by atoms with E-state index in [0.717, 1.165) is 19.3 Å². The quantitative estimate of drug-likeness (QED) is 0.367. The molecule has 0 saturated heterocycles. The Morgan fingerprint density at radius 1 is 1.19 bits per heavy atom. The monoisotopic (exact) mass is 430 g/mol. The minimum absolute atomic E-state index is 0.0301. The van der Waals surface area contributed by atoms with Crippen molar-refractivity contribution in [2.45, 2.75) is 92.4 Å². The average Bonchev–Trinajstić information content (AvgIpc) is 2.65. The van der Waals surface area contributed by atoms with Crippen molar-refractivity contribution >= 4 is 11.9 Å². The highest BCUT2D eigenvalue weighted by Crippen LogP contribution is 2.65. The van der Waals surface area contributed by atoms with Crippen LogP contribution in [0, 0.1) is 33.5 Å². The first-order chi connectivity index (χ1) is 14.4. The van der Waals surface area contributed by atoms with Crippen molar-refractivity contribution in [1.82, 2.24) is 0 Å². The Morgan fingerprint density at radius 3 is 2.55 bits per heavy atom. The summed E-state index contributed by atoms with van der Waals surface area (Å²) >= 11 is 0. The topological polar surface area (TPSA) is 63.6 Å². The van der Waals surface area contributed by atoms with Gasteiger partial charge >= 0.3 is 11.9 Å². The molecule has 0 unspecified atom stereocenters. The number of carbonyl (C=O) groups excluding carboxylic acids is 1. The van der Waals surface area contributed by atoms with Gasteiger partial charge in [-0.25, -0.2) is 0 Å². The summed E-state index contributed by atoms with van der Waals surface area (Å²) in [5, 5.41) is 9.08. The van der Waals surface area contributed by atoms with E-state index in [1.807, 2.05) is 13.8 Å². The van der Waals surface area contributed by atoms with E-state index in [1.165, 1.54) is 25.7 Å². The second-order valence-corrected chi connectivity index (χ2v) is 12.1. The molecule has 0 aromatic heterocycles. The number of fused-ring (bicyclic) bond motifs is 3. The highest BCUT2D eigenvalue weighted by Gasteiger charge is 2.56. The van der Waals surface area contributed by atoms with Crippen LogP contribution in [-0.4, -0.2) is 23.7 Å². The largest absolute Gasteiger partial charge is 0.481 e. The first-order valence-electron chi connectivity index (χ1n) is 12.1. The van der Waals surface area contributed by atoms with Crippen LogP contribution in [0.4, 0.5) is 0 Å². The van der Waals surface area contributed by atoms with Gasteiger partial charge in [-0.2, -0.15) is 0 Å². The SMILES string of the molecule is C=C[C@@]1(C)CCC=C2[C@H]1CC[C@@H]1[C@](C)(COC(=O)CC(C)(C)CC(=O)O)CCC[C@@]21C. The number of carboxylic acids is 1. The lowest BCUT2D eigenvalue weighted by Crippen LogP contribution is -2.53. The number of ether oxygens (including phenoxy) is 1. The van der Waals surface area contributed by atoms with Gasteiger partial charge in [-0.1, -0.05) is 58.8 Å². The van der Waals surface area contributed by atoms with Crippen molar-refractivity contribution in [2.75, 3.05) is 6.61 Å². The van der Waals surface area contributed by atoms with Crippen LogP contribution in [0.5, 0.6) is 0 Å². The second kappa shape index (κ2) is 8.41. The van der Waals surface area contributed by atoms with Gasteiger partial charge in [0.15, 0.2) is 0 Å². The maximum atomic E-state index is 12.6. The molecular weight excluding hydrogens is 388 g/mol. The van der Waals surface area contributed by atoms with E-state index in [1.54, 1.807) is 5.57 Å². The lowest BCUT2D eigenvalue weighted by molar-refractivity contribution is -0.156. The Hall–Kier alpha value is -1.58. The Labute approximate surface area is 188 Å². The maximum Gasteiger partial charge on any atom is 0.306 e. The average molecular weight is 431 g/mol. The zero-order chi connectivity index (χ0) is 23.1. The Balaban J connectivity index is 1.74. The molecule has 3 aliphatic rings. The third-order valence-electron chi connectivity index (χ3n) is 8.96. The van der Waals surface area contributed by atoms with Crippen molar-refractivity contribution in [3.63, 3.8) is 0 Å². The molecule has 4 nitrogen and oxygen atoms in total. The van der Waals surface area contributed by atoms with Gasteiger partial charge in [0, 0.05) is 5.41 Å². The molecule has 0 bridgehead atoms. The van der Waals surface area contributed by atoms with Crippen LogP contribution >= 0.6 is 0 Å². The third kappa shape index (κ3) is 4.64. The predicted octanol–water partition coefficient (Wildman–Crippen LogP) is 6.56. The Bertz CT molecular complexity index is 765. The molecule has 4 heteroatoms. The minimum atomic E-state index is -0.878. The number of carboxylic acid groups (broad SMARTS) is 1. The first-order valence-corrected chi connectivity index (χ1v) is 12.1. The number of hydrogen-bond donors (Lipinski definition) is 1. The predicted molar refractivity (Wildman–Crippen MR) is 124 cm³/mol. The molecule has 0 aromatic rings. The highest BCUT2D eigenvalue weighted by atomic mass is 16.5. The van der Waals surface area contributed by atoms with Gasteiger partial charge in [0.2, 0.25) is 0 Å². The van der Waals surface area contributed by atoms with E-state index >= 15 is 0 Å². The van der Waals surface area contributed by atoms with E-state index in [2.05, 4.69) is 39.5 Å². The van der Waals surface area contributed by atoms with Crippen LogP contribution in [0.15, 0.2) is 24.3 Å². The van der Waals surface area contributed by atoms with Gasteiger partial charge in [-0.15, -0.1) is 6.58 Å². The normalized spacial score (nSPS) is 37.8. The maximum absolute atomic E-state index is 12.6. The van der Waals surface area contributed by atoms with Crippen molar-refractivity contribution in [3.8, 4) is 0 Å². The molecule has 0 spiro atoms. The minimum Gasteiger partial charge on any atom is -0.481 e. The molecule has 31 heavy (non-hydrogen) atoms. The lowest BCUT2D eigenvalue weighted by Gasteiger charge is -2.60. The Kier molecular flexibility index (Phi) is 6.53. The van der Waals surface area contributed by atoms with Crippen LogP contribution in [0.2, 0.25) is 0 Å². The van der Waals surface area contributed by atoms with Crippen molar-refractivity contribution < 1.29 is 19.4 Å². The van der Waals surface area contributed by atoms with E-state index in [4.69, 9.17) is 9.84 Å². The molecule has 174 valence electrons. The van der Waals surface area contributed by atoms with Crippen molar-refractivity contribution in [2.24, 2.45) is 33.5 Å². The number of carbonyl (C=O) groups is 2. The van der Waals surface area contributed by atoms with E-state index in [-0.39, 0.29) is 35.1 Å². The summed E-state index contributed by atoms with van der Waals surface area (Å²) in [4.78, 5) is 23.6. The third-order valence-corrected chi connectivity index (χ3v) is 8.96. The molecule has 5 atom stereocenters.